The number of nitrogens with zero attached hydrogens (tertiary/aromatic N) is 3. The minimum Gasteiger partial charge on any atom is -0.395 e. The Morgan fingerprint density at radius 1 is 1.52 bits per heavy atom. The highest BCUT2D eigenvalue weighted by molar-refractivity contribution is 5.46. The zero-order valence-electron chi connectivity index (χ0n) is 11.1. The lowest BCUT2D eigenvalue weighted by Gasteiger charge is -2.26. The number of hydrogen-bond donors (Lipinski definition) is 1. The molecule has 9 heteroatoms. The van der Waals surface area contributed by atoms with Crippen LogP contribution in [0.3, 0.4) is 0 Å². The Labute approximate surface area is 119 Å². The molecule has 0 amide bonds. The van der Waals surface area contributed by atoms with E-state index in [1.807, 2.05) is 0 Å². The van der Waals surface area contributed by atoms with E-state index in [1.54, 1.807) is 0 Å². The summed E-state index contributed by atoms with van der Waals surface area (Å²) >= 11 is 0. The molecule has 1 aliphatic rings. The van der Waals surface area contributed by atoms with E-state index in [2.05, 4.69) is 10.1 Å². The molecule has 112 valence electrons. The number of furan rings is 1. The summed E-state index contributed by atoms with van der Waals surface area (Å²) in [5.41, 5.74) is 5.92. The first-order valence-electron chi connectivity index (χ1n) is 6.59. The predicted octanol–water partition coefficient (Wildman–Crippen LogP) is 1.81. The van der Waals surface area contributed by atoms with Crippen molar-refractivity contribution < 1.29 is 18.6 Å². The molecular formula is C12H14N4O5. The molecule has 1 atom stereocenters. The summed E-state index contributed by atoms with van der Waals surface area (Å²) in [6, 6.07) is 2.11. The first-order chi connectivity index (χ1) is 10.1. The van der Waals surface area contributed by atoms with Gasteiger partial charge in [0.2, 0.25) is 0 Å². The molecule has 0 aromatic carbocycles. The molecule has 9 nitrogen and oxygen atoms in total. The van der Waals surface area contributed by atoms with Crippen LogP contribution in [-0.2, 0) is 4.74 Å². The van der Waals surface area contributed by atoms with Gasteiger partial charge < -0.3 is 19.4 Å². The van der Waals surface area contributed by atoms with Crippen LogP contribution in [0, 0.1) is 10.1 Å². The van der Waals surface area contributed by atoms with Crippen molar-refractivity contribution in [1.29, 1.82) is 0 Å². The van der Waals surface area contributed by atoms with Gasteiger partial charge in [-0.05, 0) is 25.3 Å². The second kappa shape index (κ2) is 5.62. The van der Waals surface area contributed by atoms with Gasteiger partial charge in [-0.3, -0.25) is 10.1 Å². The average molecular weight is 294 g/mol. The van der Waals surface area contributed by atoms with Crippen LogP contribution in [0.4, 0.5) is 5.88 Å². The second-order valence-corrected chi connectivity index (χ2v) is 4.85. The van der Waals surface area contributed by atoms with Crippen molar-refractivity contribution >= 4 is 5.88 Å². The summed E-state index contributed by atoms with van der Waals surface area (Å²) in [7, 11) is 0. The largest absolute Gasteiger partial charge is 0.433 e. The molecule has 1 saturated carbocycles. The Hall–Kier alpha value is -2.26. The topological polar surface area (TPSA) is 130 Å². The summed E-state index contributed by atoms with van der Waals surface area (Å²) in [6.45, 7) is 0.307. The molecule has 0 spiro atoms. The standard InChI is InChI=1S/C12H14N4O5/c13-8(6-19-7-2-1-3-7)11-14-12(21-15-11)9-4-5-10(20-9)16(17)18/h4-5,7-8H,1-3,6,13H2. The van der Waals surface area contributed by atoms with Crippen LogP contribution in [0.1, 0.15) is 31.1 Å². The van der Waals surface area contributed by atoms with Gasteiger partial charge in [0.05, 0.1) is 24.8 Å². The van der Waals surface area contributed by atoms with Crippen molar-refractivity contribution in [2.75, 3.05) is 6.61 Å². The quantitative estimate of drug-likeness (QED) is 0.630. The van der Waals surface area contributed by atoms with Crippen molar-refractivity contribution in [1.82, 2.24) is 10.1 Å². The zero-order valence-corrected chi connectivity index (χ0v) is 11.1. The van der Waals surface area contributed by atoms with E-state index in [0.717, 1.165) is 12.8 Å². The van der Waals surface area contributed by atoms with Crippen LogP contribution in [0.5, 0.6) is 0 Å². The molecule has 2 aromatic rings. The van der Waals surface area contributed by atoms with Crippen molar-refractivity contribution in [2.24, 2.45) is 5.73 Å². The van der Waals surface area contributed by atoms with Gasteiger partial charge in [-0.25, -0.2) is 0 Å². The van der Waals surface area contributed by atoms with Gasteiger partial charge in [0.25, 0.3) is 5.89 Å². The van der Waals surface area contributed by atoms with Crippen molar-refractivity contribution in [3.05, 3.63) is 28.1 Å². The SMILES string of the molecule is NC(COC1CCC1)c1noc(-c2ccc([N+](=O)[O-])o2)n1. The summed E-state index contributed by atoms with van der Waals surface area (Å²) in [5, 5.41) is 14.3. The Morgan fingerprint density at radius 3 is 2.95 bits per heavy atom. The lowest BCUT2D eigenvalue weighted by atomic mass is 9.96. The van der Waals surface area contributed by atoms with Crippen molar-refractivity contribution in [3.63, 3.8) is 0 Å². The maximum atomic E-state index is 10.6. The fourth-order valence-corrected chi connectivity index (χ4v) is 1.88. The van der Waals surface area contributed by atoms with E-state index in [4.69, 9.17) is 19.4 Å². The van der Waals surface area contributed by atoms with Crippen LogP contribution in [0.25, 0.3) is 11.7 Å². The zero-order chi connectivity index (χ0) is 14.8. The van der Waals surface area contributed by atoms with Crippen LogP contribution in [-0.4, -0.2) is 27.8 Å². The number of hydrogen-bond acceptors (Lipinski definition) is 8. The van der Waals surface area contributed by atoms with Gasteiger partial charge in [-0.2, -0.15) is 4.98 Å². The smallest absolute Gasteiger partial charge is 0.395 e. The third-order valence-corrected chi connectivity index (χ3v) is 3.32. The van der Waals surface area contributed by atoms with Gasteiger partial charge in [-0.1, -0.05) is 5.16 Å². The predicted molar refractivity (Wildman–Crippen MR) is 69.2 cm³/mol. The Kier molecular flexibility index (Phi) is 3.67. The molecule has 1 fully saturated rings. The van der Waals surface area contributed by atoms with E-state index in [1.165, 1.54) is 18.6 Å². The van der Waals surface area contributed by atoms with E-state index in [9.17, 15) is 10.1 Å². The fraction of sp³-hybridized carbons (Fsp3) is 0.500. The second-order valence-electron chi connectivity index (χ2n) is 4.85. The summed E-state index contributed by atoms with van der Waals surface area (Å²) in [4.78, 5) is 14.0. The van der Waals surface area contributed by atoms with Crippen molar-refractivity contribution in [2.45, 2.75) is 31.4 Å². The molecule has 2 heterocycles. The van der Waals surface area contributed by atoms with Gasteiger partial charge in [0.1, 0.15) is 4.92 Å². The lowest BCUT2D eigenvalue weighted by Crippen LogP contribution is -2.27. The highest BCUT2D eigenvalue weighted by Crippen LogP contribution is 2.26. The van der Waals surface area contributed by atoms with Crippen LogP contribution in [0.15, 0.2) is 21.1 Å². The maximum absolute atomic E-state index is 10.6. The van der Waals surface area contributed by atoms with Gasteiger partial charge in [0.15, 0.2) is 11.6 Å². The van der Waals surface area contributed by atoms with Crippen LogP contribution in [0.2, 0.25) is 0 Å². The van der Waals surface area contributed by atoms with E-state index < -0.39 is 11.0 Å². The molecule has 2 aromatic heterocycles. The van der Waals surface area contributed by atoms with E-state index in [-0.39, 0.29) is 29.5 Å². The number of rotatable bonds is 6. The number of nitro groups is 1. The molecular weight excluding hydrogens is 280 g/mol. The summed E-state index contributed by atoms with van der Waals surface area (Å²) in [5.74, 6) is 0.0792. The Balaban J connectivity index is 1.65. The number of ether oxygens (including phenoxy) is 1. The third kappa shape index (κ3) is 2.93. The molecule has 1 unspecified atom stereocenters. The third-order valence-electron chi connectivity index (χ3n) is 3.32. The molecule has 3 rings (SSSR count). The Morgan fingerprint density at radius 2 is 2.33 bits per heavy atom. The normalized spacial score (nSPS) is 16.6. The minimum atomic E-state index is -0.640. The summed E-state index contributed by atoms with van der Waals surface area (Å²) in [6.07, 6.45) is 3.57. The van der Waals surface area contributed by atoms with Crippen LogP contribution < -0.4 is 5.73 Å². The molecule has 0 saturated heterocycles. The van der Waals surface area contributed by atoms with Gasteiger partial charge in [0, 0.05) is 0 Å². The van der Waals surface area contributed by atoms with E-state index >= 15 is 0 Å². The number of aromatic nitrogens is 2. The monoisotopic (exact) mass is 294 g/mol. The average Bonchev–Trinajstić information content (AvgIpc) is 3.05. The highest BCUT2D eigenvalue weighted by atomic mass is 16.6. The molecule has 21 heavy (non-hydrogen) atoms. The van der Waals surface area contributed by atoms with Crippen molar-refractivity contribution in [3.8, 4) is 11.7 Å². The molecule has 1 aliphatic carbocycles. The first-order valence-corrected chi connectivity index (χ1v) is 6.59. The number of nitrogens with two attached hydrogens (primary N) is 1. The molecule has 2 N–H and O–H groups in total. The van der Waals surface area contributed by atoms with Gasteiger partial charge in [-0.15, -0.1) is 0 Å². The highest BCUT2D eigenvalue weighted by Gasteiger charge is 2.23. The van der Waals surface area contributed by atoms with Crippen LogP contribution >= 0.6 is 0 Å². The van der Waals surface area contributed by atoms with E-state index in [0.29, 0.717) is 6.61 Å². The maximum Gasteiger partial charge on any atom is 0.433 e. The van der Waals surface area contributed by atoms with Gasteiger partial charge >= 0.3 is 5.88 Å². The molecule has 0 aliphatic heterocycles. The molecule has 0 radical (unpaired) electrons. The lowest BCUT2D eigenvalue weighted by molar-refractivity contribution is -0.401. The fourth-order valence-electron chi connectivity index (χ4n) is 1.88. The summed E-state index contributed by atoms with van der Waals surface area (Å²) < 4.78 is 15.6. The minimum absolute atomic E-state index is 0.0530. The first kappa shape index (κ1) is 13.7. The Bertz CT molecular complexity index is 633. The molecule has 0 bridgehead atoms.